The van der Waals surface area contributed by atoms with Crippen molar-refractivity contribution in [3.05, 3.63) is 47.1 Å². The fourth-order valence-corrected chi connectivity index (χ4v) is 2.55. The fraction of sp³-hybridized carbons (Fsp3) is 0.444. The molecule has 3 N–H and O–H groups in total. The van der Waals surface area contributed by atoms with Crippen LogP contribution >= 0.6 is 11.6 Å². The Labute approximate surface area is 158 Å². The summed E-state index contributed by atoms with van der Waals surface area (Å²) >= 11 is 5.75. The molecule has 8 heteroatoms. The van der Waals surface area contributed by atoms with Crippen LogP contribution in [0.3, 0.4) is 0 Å². The Kier molecular flexibility index (Phi) is 7.74. The van der Waals surface area contributed by atoms with Gasteiger partial charge < -0.3 is 15.4 Å². The minimum atomic E-state index is -0.697. The van der Waals surface area contributed by atoms with Crippen LogP contribution in [-0.2, 0) is 21.0 Å². The van der Waals surface area contributed by atoms with Crippen molar-refractivity contribution in [2.45, 2.75) is 39.0 Å². The Morgan fingerprint density at radius 1 is 1.35 bits per heavy atom. The van der Waals surface area contributed by atoms with Gasteiger partial charge in [-0.3, -0.25) is 15.1 Å². The first-order valence-corrected chi connectivity index (χ1v) is 8.91. The van der Waals surface area contributed by atoms with Crippen molar-refractivity contribution in [3.8, 4) is 0 Å². The SMILES string of the molecule is CC[C@H](C)[C@H](NC(=O)OCc1ccccc1)C(=O)NCC1C=C(Cl)NO1. The van der Waals surface area contributed by atoms with Crippen LogP contribution in [0.2, 0.25) is 0 Å². The molecule has 7 nitrogen and oxygen atoms in total. The molecule has 1 aromatic carbocycles. The van der Waals surface area contributed by atoms with E-state index in [1.807, 2.05) is 44.2 Å². The topological polar surface area (TPSA) is 88.7 Å². The maximum absolute atomic E-state index is 12.5. The van der Waals surface area contributed by atoms with Crippen molar-refractivity contribution >= 4 is 23.6 Å². The Morgan fingerprint density at radius 3 is 2.69 bits per heavy atom. The van der Waals surface area contributed by atoms with Crippen LogP contribution in [0.4, 0.5) is 4.79 Å². The maximum atomic E-state index is 12.5. The highest BCUT2D eigenvalue weighted by Crippen LogP contribution is 2.11. The molecule has 0 saturated heterocycles. The van der Waals surface area contributed by atoms with E-state index in [2.05, 4.69) is 16.1 Å². The van der Waals surface area contributed by atoms with Crippen LogP contribution in [0.15, 0.2) is 41.6 Å². The summed E-state index contributed by atoms with van der Waals surface area (Å²) in [6, 6.07) is 8.65. The highest BCUT2D eigenvalue weighted by atomic mass is 35.5. The molecule has 0 bridgehead atoms. The molecule has 1 aliphatic rings. The average Bonchev–Trinajstić information content (AvgIpc) is 3.08. The number of hydrogen-bond donors (Lipinski definition) is 3. The van der Waals surface area contributed by atoms with Crippen molar-refractivity contribution in [3.63, 3.8) is 0 Å². The summed E-state index contributed by atoms with van der Waals surface area (Å²) in [5.41, 5.74) is 3.38. The van der Waals surface area contributed by atoms with E-state index in [1.165, 1.54) is 0 Å². The molecule has 0 spiro atoms. The van der Waals surface area contributed by atoms with Crippen molar-refractivity contribution in [1.82, 2.24) is 16.1 Å². The van der Waals surface area contributed by atoms with Gasteiger partial charge in [0, 0.05) is 0 Å². The third-order valence-electron chi connectivity index (χ3n) is 4.10. The summed E-state index contributed by atoms with van der Waals surface area (Å²) in [5.74, 6) is -0.350. The minimum absolute atomic E-state index is 0.0546. The van der Waals surface area contributed by atoms with E-state index >= 15 is 0 Å². The molecule has 1 aromatic rings. The lowest BCUT2D eigenvalue weighted by Gasteiger charge is -2.23. The third-order valence-corrected chi connectivity index (χ3v) is 4.30. The van der Waals surface area contributed by atoms with E-state index < -0.39 is 12.1 Å². The normalized spacial score (nSPS) is 18.3. The standard InChI is InChI=1S/C18H24ClN3O4/c1-3-12(2)16(17(23)20-10-14-9-15(19)22-26-14)21-18(24)25-11-13-7-5-4-6-8-13/h4-9,12,14,16,22H,3,10-11H2,1-2H3,(H,20,23)(H,21,24)/t12-,14?,16-/m0/s1. The molecular formula is C18H24ClN3O4. The van der Waals surface area contributed by atoms with E-state index in [0.717, 1.165) is 12.0 Å². The number of nitrogens with one attached hydrogen (secondary N) is 3. The molecule has 26 heavy (non-hydrogen) atoms. The number of alkyl carbamates (subject to hydrolysis) is 1. The van der Waals surface area contributed by atoms with Gasteiger partial charge in [-0.25, -0.2) is 4.79 Å². The summed E-state index contributed by atoms with van der Waals surface area (Å²) < 4.78 is 5.20. The van der Waals surface area contributed by atoms with E-state index in [0.29, 0.717) is 5.16 Å². The Hall–Kier alpha value is -2.25. The van der Waals surface area contributed by atoms with Crippen LogP contribution in [0.5, 0.6) is 0 Å². The molecule has 1 heterocycles. The molecule has 0 aromatic heterocycles. The molecule has 2 rings (SSSR count). The zero-order valence-corrected chi connectivity index (χ0v) is 15.6. The van der Waals surface area contributed by atoms with Gasteiger partial charge >= 0.3 is 6.09 Å². The van der Waals surface area contributed by atoms with Crippen LogP contribution in [0, 0.1) is 5.92 Å². The summed E-state index contributed by atoms with van der Waals surface area (Å²) in [6.07, 6.45) is 1.40. The van der Waals surface area contributed by atoms with Crippen molar-refractivity contribution in [2.24, 2.45) is 5.92 Å². The first-order chi connectivity index (χ1) is 12.5. The third kappa shape index (κ3) is 6.24. The maximum Gasteiger partial charge on any atom is 0.408 e. The number of hydroxylamine groups is 1. The molecule has 1 unspecified atom stereocenters. The number of carbonyl (C=O) groups excluding carboxylic acids is 2. The number of halogens is 1. The van der Waals surface area contributed by atoms with Crippen molar-refractivity contribution in [1.29, 1.82) is 0 Å². The molecule has 0 aliphatic carbocycles. The number of carbonyl (C=O) groups is 2. The fourth-order valence-electron chi connectivity index (χ4n) is 2.37. The van der Waals surface area contributed by atoms with Crippen molar-refractivity contribution in [2.75, 3.05) is 6.54 Å². The second-order valence-electron chi connectivity index (χ2n) is 6.09. The second-order valence-corrected chi connectivity index (χ2v) is 6.49. The van der Waals surface area contributed by atoms with E-state index in [1.54, 1.807) is 6.08 Å². The lowest BCUT2D eigenvalue weighted by molar-refractivity contribution is -0.124. The highest BCUT2D eigenvalue weighted by molar-refractivity contribution is 6.29. The molecule has 0 radical (unpaired) electrons. The van der Waals surface area contributed by atoms with Gasteiger partial charge in [0.15, 0.2) is 0 Å². The first kappa shape index (κ1) is 20.1. The monoisotopic (exact) mass is 381 g/mol. The highest BCUT2D eigenvalue weighted by Gasteiger charge is 2.27. The molecule has 3 atom stereocenters. The van der Waals surface area contributed by atoms with Gasteiger partial charge in [-0.1, -0.05) is 62.2 Å². The van der Waals surface area contributed by atoms with Gasteiger partial charge in [-0.05, 0) is 17.6 Å². The van der Waals surface area contributed by atoms with Gasteiger partial charge in [-0.15, -0.1) is 0 Å². The number of hydrogen-bond acceptors (Lipinski definition) is 5. The predicted octanol–water partition coefficient (Wildman–Crippen LogP) is 2.43. The number of ether oxygens (including phenoxy) is 1. The summed E-state index contributed by atoms with van der Waals surface area (Å²) in [4.78, 5) is 29.7. The molecule has 0 saturated carbocycles. The van der Waals surface area contributed by atoms with Crippen LogP contribution < -0.4 is 16.1 Å². The Balaban J connectivity index is 1.85. The van der Waals surface area contributed by atoms with Gasteiger partial charge in [-0.2, -0.15) is 0 Å². The van der Waals surface area contributed by atoms with E-state index in [-0.39, 0.29) is 31.1 Å². The Morgan fingerprint density at radius 2 is 2.08 bits per heavy atom. The van der Waals surface area contributed by atoms with Crippen LogP contribution in [0.1, 0.15) is 25.8 Å². The summed E-state index contributed by atoms with van der Waals surface area (Å²) in [5, 5.41) is 5.79. The predicted molar refractivity (Wildman–Crippen MR) is 98.0 cm³/mol. The lowest BCUT2D eigenvalue weighted by atomic mass is 9.98. The molecular weight excluding hydrogens is 358 g/mol. The average molecular weight is 382 g/mol. The quantitative estimate of drug-likeness (QED) is 0.602. The molecule has 1 aliphatic heterocycles. The molecule has 0 fully saturated rings. The Bertz CT molecular complexity index is 639. The van der Waals surface area contributed by atoms with E-state index in [9.17, 15) is 9.59 Å². The second kappa shape index (κ2) is 10.0. The zero-order valence-electron chi connectivity index (χ0n) is 14.8. The van der Waals surface area contributed by atoms with Gasteiger partial charge in [0.05, 0.1) is 6.54 Å². The summed E-state index contributed by atoms with van der Waals surface area (Å²) in [6.45, 7) is 4.24. The van der Waals surface area contributed by atoms with Gasteiger partial charge in [0.1, 0.15) is 23.9 Å². The van der Waals surface area contributed by atoms with Crippen LogP contribution in [-0.4, -0.2) is 30.7 Å². The first-order valence-electron chi connectivity index (χ1n) is 8.53. The minimum Gasteiger partial charge on any atom is -0.445 e. The van der Waals surface area contributed by atoms with Gasteiger partial charge in [0.25, 0.3) is 0 Å². The molecule has 142 valence electrons. The number of amides is 2. The smallest absolute Gasteiger partial charge is 0.408 e. The van der Waals surface area contributed by atoms with Crippen LogP contribution in [0.25, 0.3) is 0 Å². The molecule has 2 amide bonds. The number of benzene rings is 1. The number of rotatable bonds is 8. The van der Waals surface area contributed by atoms with Gasteiger partial charge in [0.2, 0.25) is 5.91 Å². The summed E-state index contributed by atoms with van der Waals surface area (Å²) in [7, 11) is 0. The van der Waals surface area contributed by atoms with Crippen molar-refractivity contribution < 1.29 is 19.2 Å². The zero-order chi connectivity index (χ0) is 18.9. The largest absolute Gasteiger partial charge is 0.445 e. The lowest BCUT2D eigenvalue weighted by Crippen LogP contribution is -2.51. The van der Waals surface area contributed by atoms with E-state index in [4.69, 9.17) is 21.2 Å².